The summed E-state index contributed by atoms with van der Waals surface area (Å²) in [5, 5.41) is 0. The van der Waals surface area contributed by atoms with Crippen LogP contribution in [0.5, 0.6) is 0 Å². The molecule has 2 aliphatic heterocycles. The lowest BCUT2D eigenvalue weighted by atomic mass is 10.1. The molecule has 144 valence electrons. The highest BCUT2D eigenvalue weighted by Gasteiger charge is 2.30. The maximum Gasteiger partial charge on any atom is 0.255 e. The molecule has 0 aromatic heterocycles. The molecule has 2 aliphatic rings. The topological polar surface area (TPSA) is 60.9 Å². The van der Waals surface area contributed by atoms with Crippen LogP contribution in [0.15, 0.2) is 27.6 Å². The predicted octanol–water partition coefficient (Wildman–Crippen LogP) is 2.40. The number of rotatable bonds is 4. The third-order valence-corrected chi connectivity index (χ3v) is 7.79. The lowest BCUT2D eigenvalue weighted by molar-refractivity contribution is 0.0594. The van der Waals surface area contributed by atoms with Gasteiger partial charge in [-0.3, -0.25) is 9.69 Å². The summed E-state index contributed by atoms with van der Waals surface area (Å²) in [7, 11) is -3.53. The van der Waals surface area contributed by atoms with Crippen LogP contribution in [0.2, 0.25) is 0 Å². The summed E-state index contributed by atoms with van der Waals surface area (Å²) in [5.41, 5.74) is 0.420. The molecule has 2 heterocycles. The van der Waals surface area contributed by atoms with Crippen LogP contribution < -0.4 is 0 Å². The largest absolute Gasteiger partial charge is 0.336 e. The number of piperazine rings is 1. The van der Waals surface area contributed by atoms with E-state index in [4.69, 9.17) is 0 Å². The van der Waals surface area contributed by atoms with Gasteiger partial charge in [0.15, 0.2) is 0 Å². The van der Waals surface area contributed by atoms with Crippen LogP contribution in [-0.2, 0) is 10.0 Å². The molecule has 0 atom stereocenters. The van der Waals surface area contributed by atoms with Gasteiger partial charge in [-0.05, 0) is 60.8 Å². The molecular weight excluding hydrogens is 418 g/mol. The van der Waals surface area contributed by atoms with E-state index >= 15 is 0 Å². The first kappa shape index (κ1) is 19.8. The van der Waals surface area contributed by atoms with Crippen molar-refractivity contribution in [1.29, 1.82) is 0 Å². The summed E-state index contributed by atoms with van der Waals surface area (Å²) in [5.74, 6) is -0.112. The van der Waals surface area contributed by atoms with E-state index in [9.17, 15) is 13.2 Å². The van der Waals surface area contributed by atoms with E-state index in [1.165, 1.54) is 10.4 Å². The van der Waals surface area contributed by atoms with Crippen molar-refractivity contribution >= 4 is 31.9 Å². The Morgan fingerprint density at radius 3 is 2.23 bits per heavy atom. The molecule has 0 bridgehead atoms. The Labute approximate surface area is 164 Å². The normalized spacial score (nSPS) is 20.1. The minimum atomic E-state index is -3.53. The van der Waals surface area contributed by atoms with Crippen molar-refractivity contribution in [2.75, 3.05) is 39.3 Å². The van der Waals surface area contributed by atoms with Crippen molar-refractivity contribution in [1.82, 2.24) is 14.1 Å². The fourth-order valence-corrected chi connectivity index (χ4v) is 5.48. The number of hydrogen-bond acceptors (Lipinski definition) is 4. The van der Waals surface area contributed by atoms with Crippen LogP contribution in [-0.4, -0.2) is 73.7 Å². The van der Waals surface area contributed by atoms with Crippen LogP contribution in [0.1, 0.15) is 37.0 Å². The Bertz CT molecular complexity index is 768. The quantitative estimate of drug-likeness (QED) is 0.716. The van der Waals surface area contributed by atoms with E-state index in [0.29, 0.717) is 42.3 Å². The monoisotopic (exact) mass is 443 g/mol. The van der Waals surface area contributed by atoms with E-state index in [1.807, 2.05) is 4.90 Å². The molecule has 8 heteroatoms. The van der Waals surface area contributed by atoms with Gasteiger partial charge in [-0.15, -0.1) is 0 Å². The number of sulfonamides is 1. The molecule has 0 unspecified atom stereocenters. The minimum absolute atomic E-state index is 0.112. The summed E-state index contributed by atoms with van der Waals surface area (Å²) >= 11 is 3.42. The highest BCUT2D eigenvalue weighted by Crippen LogP contribution is 2.26. The van der Waals surface area contributed by atoms with E-state index in [2.05, 4.69) is 34.7 Å². The highest BCUT2D eigenvalue weighted by atomic mass is 79.9. The second kappa shape index (κ2) is 7.96. The maximum absolute atomic E-state index is 13.0. The van der Waals surface area contributed by atoms with Gasteiger partial charge in [0, 0.05) is 49.8 Å². The standard InChI is InChI=1S/C18H26BrN3O3S/c1-14(2)20-9-11-21(12-10-20)18(23)16-13-15(5-6-17(16)19)26(24,25)22-7-3-4-8-22/h5-6,13-14H,3-4,7-12H2,1-2H3. The number of carbonyl (C=O) groups is 1. The number of halogens is 1. The minimum Gasteiger partial charge on any atom is -0.336 e. The summed E-state index contributed by atoms with van der Waals surface area (Å²) in [4.78, 5) is 17.3. The zero-order chi connectivity index (χ0) is 18.9. The molecule has 0 saturated carbocycles. The van der Waals surface area contributed by atoms with Crippen molar-refractivity contribution in [2.24, 2.45) is 0 Å². The van der Waals surface area contributed by atoms with Crippen molar-refractivity contribution < 1.29 is 13.2 Å². The molecule has 6 nitrogen and oxygen atoms in total. The molecule has 2 saturated heterocycles. The van der Waals surface area contributed by atoms with Crippen LogP contribution in [0.3, 0.4) is 0 Å². The number of amides is 1. The van der Waals surface area contributed by atoms with E-state index in [0.717, 1.165) is 25.9 Å². The Balaban J connectivity index is 1.81. The second-order valence-corrected chi connectivity index (χ2v) is 9.97. The van der Waals surface area contributed by atoms with Crippen molar-refractivity contribution in [3.63, 3.8) is 0 Å². The molecule has 0 radical (unpaired) electrons. The van der Waals surface area contributed by atoms with Gasteiger partial charge in [0.25, 0.3) is 5.91 Å². The zero-order valence-corrected chi connectivity index (χ0v) is 17.7. The Hall–Kier alpha value is -0.960. The first-order valence-corrected chi connectivity index (χ1v) is 11.4. The molecule has 26 heavy (non-hydrogen) atoms. The van der Waals surface area contributed by atoms with Gasteiger partial charge < -0.3 is 4.90 Å². The molecule has 1 aromatic carbocycles. The summed E-state index contributed by atoms with van der Waals surface area (Å²) < 4.78 is 27.7. The summed E-state index contributed by atoms with van der Waals surface area (Å²) in [6.07, 6.45) is 1.78. The van der Waals surface area contributed by atoms with Crippen molar-refractivity contribution in [2.45, 2.75) is 37.6 Å². The first-order valence-electron chi connectivity index (χ1n) is 9.14. The van der Waals surface area contributed by atoms with Crippen molar-refractivity contribution in [3.8, 4) is 0 Å². The molecule has 0 spiro atoms. The third-order valence-electron chi connectivity index (χ3n) is 5.20. The molecule has 3 rings (SSSR count). The molecule has 1 amide bonds. The number of nitrogens with zero attached hydrogens (tertiary/aromatic N) is 3. The smallest absolute Gasteiger partial charge is 0.255 e. The number of benzene rings is 1. The maximum atomic E-state index is 13.0. The van der Waals surface area contributed by atoms with Gasteiger partial charge in [-0.1, -0.05) is 0 Å². The van der Waals surface area contributed by atoms with Crippen LogP contribution >= 0.6 is 15.9 Å². The third kappa shape index (κ3) is 3.98. The first-order chi connectivity index (χ1) is 12.3. The molecule has 2 fully saturated rings. The van der Waals surface area contributed by atoms with Gasteiger partial charge in [-0.2, -0.15) is 4.31 Å². The average molecular weight is 444 g/mol. The fourth-order valence-electron chi connectivity index (χ4n) is 3.52. The van der Waals surface area contributed by atoms with Crippen molar-refractivity contribution in [3.05, 3.63) is 28.2 Å². The molecule has 0 aliphatic carbocycles. The van der Waals surface area contributed by atoms with Gasteiger partial charge in [0.1, 0.15) is 0 Å². The van der Waals surface area contributed by atoms with Gasteiger partial charge in [0.2, 0.25) is 10.0 Å². The fraction of sp³-hybridized carbons (Fsp3) is 0.611. The second-order valence-electron chi connectivity index (χ2n) is 7.17. The molecular formula is C18H26BrN3O3S. The Kier molecular flexibility index (Phi) is 6.06. The van der Waals surface area contributed by atoms with Gasteiger partial charge in [0.05, 0.1) is 10.5 Å². The SMILES string of the molecule is CC(C)N1CCN(C(=O)c2cc(S(=O)(=O)N3CCCC3)ccc2Br)CC1. The zero-order valence-electron chi connectivity index (χ0n) is 15.3. The van der Waals surface area contributed by atoms with Gasteiger partial charge >= 0.3 is 0 Å². The van der Waals surface area contributed by atoms with Crippen LogP contribution in [0.4, 0.5) is 0 Å². The van der Waals surface area contributed by atoms with Crippen LogP contribution in [0.25, 0.3) is 0 Å². The Morgan fingerprint density at radius 2 is 1.65 bits per heavy atom. The summed E-state index contributed by atoms with van der Waals surface area (Å²) in [6, 6.07) is 5.23. The van der Waals surface area contributed by atoms with E-state index < -0.39 is 10.0 Å². The number of hydrogen-bond donors (Lipinski definition) is 0. The number of carbonyl (C=O) groups excluding carboxylic acids is 1. The van der Waals surface area contributed by atoms with Gasteiger partial charge in [-0.25, -0.2) is 8.42 Å². The van der Waals surface area contributed by atoms with Crippen LogP contribution in [0, 0.1) is 0 Å². The highest BCUT2D eigenvalue weighted by molar-refractivity contribution is 9.10. The lowest BCUT2D eigenvalue weighted by Crippen LogP contribution is -2.50. The molecule has 0 N–H and O–H groups in total. The summed E-state index contributed by atoms with van der Waals surface area (Å²) in [6.45, 7) is 8.41. The lowest BCUT2D eigenvalue weighted by Gasteiger charge is -2.37. The molecule has 1 aromatic rings. The average Bonchev–Trinajstić information content (AvgIpc) is 3.17. The predicted molar refractivity (Wildman–Crippen MR) is 105 cm³/mol. The Morgan fingerprint density at radius 1 is 1.04 bits per heavy atom. The van der Waals surface area contributed by atoms with E-state index in [1.54, 1.807) is 12.1 Å². The van der Waals surface area contributed by atoms with E-state index in [-0.39, 0.29) is 10.8 Å².